The molecule has 11 heteroatoms. The number of ether oxygens (including phenoxy) is 2. The SMILES string of the molecule is COc1cccc(OC)c1-n1c(CS(=O)(=O)CCN2C(=O)[C@H](C)C[C@@H]2C)nnc1-c1ccco1. The van der Waals surface area contributed by atoms with Crippen molar-refractivity contribution >= 4 is 15.7 Å². The van der Waals surface area contributed by atoms with E-state index in [1.807, 2.05) is 13.8 Å². The van der Waals surface area contributed by atoms with Gasteiger partial charge in [-0.3, -0.25) is 9.36 Å². The molecule has 10 nitrogen and oxygen atoms in total. The number of benzene rings is 1. The van der Waals surface area contributed by atoms with E-state index in [9.17, 15) is 13.2 Å². The molecule has 1 aromatic carbocycles. The minimum Gasteiger partial charge on any atom is -0.494 e. The van der Waals surface area contributed by atoms with Crippen molar-refractivity contribution in [3.63, 3.8) is 0 Å². The Kier molecular flexibility index (Phi) is 6.65. The van der Waals surface area contributed by atoms with E-state index in [1.54, 1.807) is 39.8 Å². The third-order valence-electron chi connectivity index (χ3n) is 6.02. The zero-order valence-electron chi connectivity index (χ0n) is 19.6. The van der Waals surface area contributed by atoms with Gasteiger partial charge in [0.1, 0.15) is 22.9 Å². The molecule has 1 fully saturated rings. The lowest BCUT2D eigenvalue weighted by Gasteiger charge is -2.21. The van der Waals surface area contributed by atoms with Crippen molar-refractivity contribution < 1.29 is 27.1 Å². The van der Waals surface area contributed by atoms with E-state index in [1.165, 1.54) is 20.5 Å². The largest absolute Gasteiger partial charge is 0.494 e. The Morgan fingerprint density at radius 2 is 1.79 bits per heavy atom. The smallest absolute Gasteiger partial charge is 0.225 e. The molecular formula is C23H28N4O6S. The van der Waals surface area contributed by atoms with Crippen LogP contribution in [0.25, 0.3) is 17.3 Å². The summed E-state index contributed by atoms with van der Waals surface area (Å²) in [6.45, 7) is 3.95. The fraction of sp³-hybridized carbons (Fsp3) is 0.435. The summed E-state index contributed by atoms with van der Waals surface area (Å²) in [6.07, 6.45) is 2.23. The number of likely N-dealkylation sites (tertiary alicyclic amines) is 1. The van der Waals surface area contributed by atoms with Crippen LogP contribution in [0.2, 0.25) is 0 Å². The first-order valence-corrected chi connectivity index (χ1v) is 12.8. The van der Waals surface area contributed by atoms with Gasteiger partial charge in [-0.25, -0.2) is 8.42 Å². The van der Waals surface area contributed by atoms with Crippen LogP contribution in [0.1, 0.15) is 26.1 Å². The summed E-state index contributed by atoms with van der Waals surface area (Å²) in [6, 6.07) is 8.68. The molecule has 2 aromatic heterocycles. The predicted molar refractivity (Wildman–Crippen MR) is 125 cm³/mol. The van der Waals surface area contributed by atoms with Gasteiger partial charge in [-0.1, -0.05) is 13.0 Å². The number of hydrogen-bond acceptors (Lipinski definition) is 8. The number of amides is 1. The van der Waals surface area contributed by atoms with Gasteiger partial charge in [0.15, 0.2) is 21.4 Å². The number of furan rings is 1. The van der Waals surface area contributed by atoms with Crippen molar-refractivity contribution in [2.75, 3.05) is 26.5 Å². The number of rotatable bonds is 9. The van der Waals surface area contributed by atoms with Gasteiger partial charge < -0.3 is 18.8 Å². The molecule has 0 spiro atoms. The molecule has 2 atom stereocenters. The summed E-state index contributed by atoms with van der Waals surface area (Å²) in [4.78, 5) is 14.0. The minimum absolute atomic E-state index is 0.00951. The number of sulfone groups is 1. The normalized spacial score (nSPS) is 18.5. The first kappa shape index (κ1) is 23.8. The molecule has 0 unspecified atom stereocenters. The number of hydrogen-bond donors (Lipinski definition) is 0. The van der Waals surface area contributed by atoms with Gasteiger partial charge >= 0.3 is 0 Å². The quantitative estimate of drug-likeness (QED) is 0.451. The molecule has 3 aromatic rings. The molecule has 4 rings (SSSR count). The topological polar surface area (TPSA) is 117 Å². The first-order chi connectivity index (χ1) is 16.3. The van der Waals surface area contributed by atoms with Gasteiger partial charge in [0, 0.05) is 18.5 Å². The highest BCUT2D eigenvalue weighted by molar-refractivity contribution is 7.90. The van der Waals surface area contributed by atoms with E-state index in [0.717, 1.165) is 6.42 Å². The zero-order chi connectivity index (χ0) is 24.5. The molecule has 182 valence electrons. The molecule has 1 aliphatic rings. The molecule has 0 aliphatic carbocycles. The number of para-hydroxylation sites is 1. The van der Waals surface area contributed by atoms with E-state index in [2.05, 4.69) is 10.2 Å². The Labute approximate surface area is 198 Å². The summed E-state index contributed by atoms with van der Waals surface area (Å²) in [7, 11) is -0.612. The van der Waals surface area contributed by atoms with Gasteiger partial charge in [0.2, 0.25) is 11.7 Å². The summed E-state index contributed by atoms with van der Waals surface area (Å²) >= 11 is 0. The van der Waals surface area contributed by atoms with Crippen LogP contribution >= 0.6 is 0 Å². The van der Waals surface area contributed by atoms with E-state index >= 15 is 0 Å². The van der Waals surface area contributed by atoms with Gasteiger partial charge in [0.25, 0.3) is 0 Å². The minimum atomic E-state index is -3.64. The first-order valence-electron chi connectivity index (χ1n) is 11.0. The molecule has 1 aliphatic heterocycles. The highest BCUT2D eigenvalue weighted by atomic mass is 32.2. The van der Waals surface area contributed by atoms with Crippen molar-refractivity contribution in [1.29, 1.82) is 0 Å². The van der Waals surface area contributed by atoms with Crippen molar-refractivity contribution in [2.24, 2.45) is 5.92 Å². The molecule has 1 amide bonds. The molecule has 34 heavy (non-hydrogen) atoms. The fourth-order valence-electron chi connectivity index (χ4n) is 4.34. The third-order valence-corrected chi connectivity index (χ3v) is 7.52. The maximum Gasteiger partial charge on any atom is 0.225 e. The standard InChI is InChI=1S/C23H28N4O6S/c1-15-13-16(2)26(23(15)28)10-12-34(29,30)14-20-24-25-22(19-9-6-11-33-19)27(20)21-17(31-3)7-5-8-18(21)32-4/h5-9,11,15-16H,10,12-14H2,1-4H3/t15-,16+/m1/s1. The van der Waals surface area contributed by atoms with Gasteiger partial charge in [-0.15, -0.1) is 10.2 Å². The van der Waals surface area contributed by atoms with Gasteiger partial charge in [-0.05, 0) is 37.6 Å². The van der Waals surface area contributed by atoms with Crippen molar-refractivity contribution in [1.82, 2.24) is 19.7 Å². The number of methoxy groups -OCH3 is 2. The van der Waals surface area contributed by atoms with Crippen LogP contribution in [-0.2, 0) is 20.4 Å². The Hall–Kier alpha value is -3.34. The summed E-state index contributed by atoms with van der Waals surface area (Å²) < 4.78 is 44.4. The zero-order valence-corrected chi connectivity index (χ0v) is 20.4. The summed E-state index contributed by atoms with van der Waals surface area (Å²) in [5, 5.41) is 8.41. The Morgan fingerprint density at radius 3 is 2.35 bits per heavy atom. The maximum atomic E-state index is 13.1. The fourth-order valence-corrected chi connectivity index (χ4v) is 5.54. The molecule has 3 heterocycles. The number of carbonyl (C=O) groups is 1. The number of aromatic nitrogens is 3. The van der Waals surface area contributed by atoms with Crippen LogP contribution < -0.4 is 9.47 Å². The van der Waals surface area contributed by atoms with Gasteiger partial charge in [0.05, 0.1) is 26.2 Å². The molecule has 0 saturated carbocycles. The van der Waals surface area contributed by atoms with E-state index < -0.39 is 9.84 Å². The third kappa shape index (κ3) is 4.52. The van der Waals surface area contributed by atoms with E-state index in [0.29, 0.717) is 28.8 Å². The van der Waals surface area contributed by atoms with Crippen molar-refractivity contribution in [3.05, 3.63) is 42.4 Å². The second kappa shape index (κ2) is 9.49. The molecule has 0 bridgehead atoms. The lowest BCUT2D eigenvalue weighted by Crippen LogP contribution is -2.36. The lowest BCUT2D eigenvalue weighted by molar-refractivity contribution is -0.131. The predicted octanol–water partition coefficient (Wildman–Crippen LogP) is 2.72. The van der Waals surface area contributed by atoms with Crippen molar-refractivity contribution in [3.8, 4) is 28.8 Å². The molecular weight excluding hydrogens is 460 g/mol. The highest BCUT2D eigenvalue weighted by Gasteiger charge is 2.35. The average Bonchev–Trinajstić information content (AvgIpc) is 3.52. The molecule has 0 radical (unpaired) electrons. The van der Waals surface area contributed by atoms with Crippen LogP contribution in [0.3, 0.4) is 0 Å². The van der Waals surface area contributed by atoms with Crippen molar-refractivity contribution in [2.45, 2.75) is 32.1 Å². The molecule has 1 saturated heterocycles. The van der Waals surface area contributed by atoms with Gasteiger partial charge in [-0.2, -0.15) is 0 Å². The average molecular weight is 489 g/mol. The highest BCUT2D eigenvalue weighted by Crippen LogP contribution is 2.36. The second-order valence-corrected chi connectivity index (χ2v) is 10.6. The monoisotopic (exact) mass is 488 g/mol. The Balaban J connectivity index is 1.71. The van der Waals surface area contributed by atoms with Crippen LogP contribution in [0.15, 0.2) is 41.0 Å². The second-order valence-electron chi connectivity index (χ2n) is 8.37. The van der Waals surface area contributed by atoms with E-state index in [-0.39, 0.29) is 41.7 Å². The molecule has 0 N–H and O–H groups in total. The maximum absolute atomic E-state index is 13.1. The van der Waals surface area contributed by atoms with Crippen LogP contribution in [0.4, 0.5) is 0 Å². The number of nitrogens with zero attached hydrogens (tertiary/aromatic N) is 4. The number of carbonyl (C=O) groups excluding carboxylic acids is 1. The van der Waals surface area contributed by atoms with Crippen LogP contribution in [0.5, 0.6) is 11.5 Å². The summed E-state index contributed by atoms with van der Waals surface area (Å²) in [5.41, 5.74) is 0.464. The van der Waals surface area contributed by atoms with Crippen LogP contribution in [-0.4, -0.2) is 66.5 Å². The van der Waals surface area contributed by atoms with E-state index in [4.69, 9.17) is 13.9 Å². The lowest BCUT2D eigenvalue weighted by atomic mass is 10.1. The Bertz CT molecular complexity index is 1250. The van der Waals surface area contributed by atoms with Crippen LogP contribution in [0, 0.1) is 5.92 Å². The Morgan fingerprint density at radius 1 is 1.09 bits per heavy atom. The summed E-state index contributed by atoms with van der Waals surface area (Å²) in [5.74, 6) is 1.16.